The lowest BCUT2D eigenvalue weighted by molar-refractivity contribution is -0.139. The highest BCUT2D eigenvalue weighted by Gasteiger charge is 2.29. The molecule has 0 radical (unpaired) electrons. The predicted octanol–water partition coefficient (Wildman–Crippen LogP) is 4.46. The Hall–Kier alpha value is -1.40. The van der Waals surface area contributed by atoms with Crippen molar-refractivity contribution in [3.05, 3.63) is 29.8 Å². The molecule has 7 nitrogen and oxygen atoms in total. The molecule has 1 aliphatic heterocycles. The minimum Gasteiger partial charge on any atom is -0.494 e. The van der Waals surface area contributed by atoms with Crippen LogP contribution in [-0.2, 0) is 20.3 Å². The van der Waals surface area contributed by atoms with Crippen LogP contribution in [0.4, 0.5) is 0 Å². The van der Waals surface area contributed by atoms with Crippen LogP contribution in [0.1, 0.15) is 57.9 Å². The molecule has 1 aromatic rings. The van der Waals surface area contributed by atoms with E-state index in [1.54, 1.807) is 6.92 Å². The summed E-state index contributed by atoms with van der Waals surface area (Å²) >= 11 is 0. The standard InChI is InChI=1S/C23H39N2O5P/c1-3-17-31(28,30-4-2)25-22(23(26)27)18-20-8-10-21(11-9-20)29-16-6-5-7-19-12-14-24-15-13-19/h8-11,19,22,24H,3-7,12-18H2,1-2H3,(H,25,28)(H,26,27)/t22-,31?/m1/s1. The molecular weight excluding hydrogens is 415 g/mol. The van der Waals surface area contributed by atoms with Crippen molar-refractivity contribution in [1.82, 2.24) is 10.4 Å². The number of nitrogens with one attached hydrogen (secondary N) is 2. The number of ether oxygens (including phenoxy) is 1. The number of piperidine rings is 1. The zero-order valence-electron chi connectivity index (χ0n) is 19.0. The van der Waals surface area contributed by atoms with Gasteiger partial charge in [0.1, 0.15) is 11.8 Å². The first-order valence-electron chi connectivity index (χ1n) is 11.6. The molecular formula is C23H39N2O5P. The number of carboxylic acid groups (broad SMARTS) is 1. The van der Waals surface area contributed by atoms with Gasteiger partial charge in [0, 0.05) is 6.16 Å². The molecule has 3 N–H and O–H groups in total. The third kappa shape index (κ3) is 9.73. The van der Waals surface area contributed by atoms with E-state index < -0.39 is 19.5 Å². The molecule has 0 bridgehead atoms. The summed E-state index contributed by atoms with van der Waals surface area (Å²) in [5.41, 5.74) is 0.845. The van der Waals surface area contributed by atoms with E-state index in [1.165, 1.54) is 25.7 Å². The summed E-state index contributed by atoms with van der Waals surface area (Å²) in [6.07, 6.45) is 7.27. The monoisotopic (exact) mass is 454 g/mol. The van der Waals surface area contributed by atoms with Crippen molar-refractivity contribution in [3.8, 4) is 5.75 Å². The van der Waals surface area contributed by atoms with Crippen molar-refractivity contribution in [1.29, 1.82) is 0 Å². The first-order chi connectivity index (χ1) is 15.0. The van der Waals surface area contributed by atoms with E-state index in [-0.39, 0.29) is 13.0 Å². The van der Waals surface area contributed by atoms with Gasteiger partial charge in [0.2, 0.25) is 0 Å². The minimum absolute atomic E-state index is 0.229. The SMILES string of the molecule is CCCP(=O)(N[C@H](Cc1ccc(OCCCCC2CCNCC2)cc1)C(=O)O)OCC. The molecule has 2 rings (SSSR count). The minimum atomic E-state index is -3.17. The van der Waals surface area contributed by atoms with Crippen LogP contribution in [-0.4, -0.2) is 49.6 Å². The number of aliphatic carboxylic acids is 1. The predicted molar refractivity (Wildman–Crippen MR) is 124 cm³/mol. The topological polar surface area (TPSA) is 96.9 Å². The van der Waals surface area contributed by atoms with Crippen molar-refractivity contribution in [2.24, 2.45) is 5.92 Å². The third-order valence-corrected chi connectivity index (χ3v) is 8.02. The maximum Gasteiger partial charge on any atom is 0.321 e. The normalized spacial score (nSPS) is 17.7. The second-order valence-corrected chi connectivity index (χ2v) is 10.5. The number of carbonyl (C=O) groups is 1. The summed E-state index contributed by atoms with van der Waals surface area (Å²) in [6.45, 7) is 6.92. The maximum absolute atomic E-state index is 12.8. The first-order valence-corrected chi connectivity index (χ1v) is 13.4. The molecule has 0 saturated carbocycles. The van der Waals surface area contributed by atoms with Gasteiger partial charge in [0.15, 0.2) is 0 Å². The number of rotatable bonds is 15. The summed E-state index contributed by atoms with van der Waals surface area (Å²) in [7, 11) is -3.17. The molecule has 2 atom stereocenters. The summed E-state index contributed by atoms with van der Waals surface area (Å²) in [5.74, 6) is 0.605. The number of unbranched alkanes of at least 4 members (excludes halogenated alkanes) is 1. The number of hydrogen-bond donors (Lipinski definition) is 3. The molecule has 1 fully saturated rings. The Morgan fingerprint density at radius 1 is 1.23 bits per heavy atom. The van der Waals surface area contributed by atoms with Gasteiger partial charge in [-0.2, -0.15) is 0 Å². The van der Waals surface area contributed by atoms with E-state index in [1.807, 2.05) is 31.2 Å². The largest absolute Gasteiger partial charge is 0.494 e. The van der Waals surface area contributed by atoms with Gasteiger partial charge in [-0.15, -0.1) is 0 Å². The summed E-state index contributed by atoms with van der Waals surface area (Å²) in [4.78, 5) is 11.7. The fourth-order valence-corrected chi connectivity index (χ4v) is 5.96. The van der Waals surface area contributed by atoms with Crippen LogP contribution in [0.2, 0.25) is 0 Å². The van der Waals surface area contributed by atoms with Crippen molar-refractivity contribution in [2.45, 2.75) is 64.8 Å². The molecule has 1 aromatic carbocycles. The van der Waals surface area contributed by atoms with Gasteiger partial charge in [-0.3, -0.25) is 9.36 Å². The quantitative estimate of drug-likeness (QED) is 0.266. The van der Waals surface area contributed by atoms with Gasteiger partial charge >= 0.3 is 5.97 Å². The molecule has 1 heterocycles. The van der Waals surface area contributed by atoms with Crippen LogP contribution in [0.3, 0.4) is 0 Å². The molecule has 1 saturated heterocycles. The van der Waals surface area contributed by atoms with E-state index >= 15 is 0 Å². The lowest BCUT2D eigenvalue weighted by atomic mass is 9.93. The lowest BCUT2D eigenvalue weighted by Gasteiger charge is -2.23. The third-order valence-electron chi connectivity index (χ3n) is 5.60. The van der Waals surface area contributed by atoms with E-state index in [9.17, 15) is 14.5 Å². The molecule has 31 heavy (non-hydrogen) atoms. The van der Waals surface area contributed by atoms with Gasteiger partial charge in [-0.05, 0) is 82.2 Å². The molecule has 0 amide bonds. The van der Waals surface area contributed by atoms with Gasteiger partial charge in [-0.1, -0.05) is 25.5 Å². The Morgan fingerprint density at radius 3 is 2.55 bits per heavy atom. The highest BCUT2D eigenvalue weighted by molar-refractivity contribution is 7.56. The lowest BCUT2D eigenvalue weighted by Crippen LogP contribution is -2.37. The smallest absolute Gasteiger partial charge is 0.321 e. The fourth-order valence-electron chi connectivity index (χ4n) is 3.95. The number of hydrogen-bond acceptors (Lipinski definition) is 5. The zero-order valence-corrected chi connectivity index (χ0v) is 19.9. The van der Waals surface area contributed by atoms with Crippen molar-refractivity contribution in [2.75, 3.05) is 32.5 Å². The van der Waals surface area contributed by atoms with Gasteiger partial charge in [0.05, 0.1) is 13.2 Å². The molecule has 176 valence electrons. The van der Waals surface area contributed by atoms with Crippen LogP contribution in [0.5, 0.6) is 5.75 Å². The second-order valence-electron chi connectivity index (χ2n) is 8.22. The van der Waals surface area contributed by atoms with E-state index in [4.69, 9.17) is 9.26 Å². The highest BCUT2D eigenvalue weighted by atomic mass is 31.2. The van der Waals surface area contributed by atoms with Crippen molar-refractivity contribution >= 4 is 13.5 Å². The summed E-state index contributed by atoms with van der Waals surface area (Å²) < 4.78 is 24.0. The van der Waals surface area contributed by atoms with Crippen LogP contribution < -0.4 is 15.1 Å². The zero-order chi connectivity index (χ0) is 22.5. The number of carboxylic acids is 1. The van der Waals surface area contributed by atoms with Gasteiger partial charge < -0.3 is 19.7 Å². The van der Waals surface area contributed by atoms with Crippen LogP contribution in [0.25, 0.3) is 0 Å². The van der Waals surface area contributed by atoms with Crippen molar-refractivity contribution in [3.63, 3.8) is 0 Å². The highest BCUT2D eigenvalue weighted by Crippen LogP contribution is 2.43. The van der Waals surface area contributed by atoms with Crippen LogP contribution in [0, 0.1) is 5.92 Å². The molecule has 1 unspecified atom stereocenters. The van der Waals surface area contributed by atoms with Crippen molar-refractivity contribution < 1.29 is 23.7 Å². The van der Waals surface area contributed by atoms with E-state index in [0.717, 1.165) is 36.7 Å². The Morgan fingerprint density at radius 2 is 1.94 bits per heavy atom. The summed E-state index contributed by atoms with van der Waals surface area (Å²) in [5, 5.41) is 15.8. The molecule has 1 aliphatic rings. The molecule has 0 aromatic heterocycles. The Balaban J connectivity index is 1.78. The Kier molecular flexibility index (Phi) is 11.6. The van der Waals surface area contributed by atoms with Crippen LogP contribution in [0.15, 0.2) is 24.3 Å². The average Bonchev–Trinajstić information content (AvgIpc) is 2.75. The molecule has 0 spiro atoms. The summed E-state index contributed by atoms with van der Waals surface area (Å²) in [6, 6.07) is 6.51. The fraction of sp³-hybridized carbons (Fsp3) is 0.696. The van der Waals surface area contributed by atoms with Gasteiger partial charge in [0.25, 0.3) is 7.52 Å². The molecule has 8 heteroatoms. The Labute approximate surface area is 186 Å². The maximum atomic E-state index is 12.8. The number of benzene rings is 1. The van der Waals surface area contributed by atoms with Crippen LogP contribution >= 0.6 is 7.52 Å². The Bertz CT molecular complexity index is 682. The molecule has 0 aliphatic carbocycles. The van der Waals surface area contributed by atoms with E-state index in [0.29, 0.717) is 19.2 Å². The van der Waals surface area contributed by atoms with E-state index in [2.05, 4.69) is 10.4 Å². The average molecular weight is 455 g/mol. The second kappa shape index (κ2) is 13.9. The first kappa shape index (κ1) is 25.9. The van der Waals surface area contributed by atoms with Gasteiger partial charge in [-0.25, -0.2) is 5.09 Å².